The molecule has 0 aliphatic rings. The maximum atomic E-state index is 12.2. The van der Waals surface area contributed by atoms with E-state index in [1.807, 2.05) is 20.0 Å². The van der Waals surface area contributed by atoms with Gasteiger partial charge in [0.2, 0.25) is 0 Å². The lowest BCUT2D eigenvalue weighted by Crippen LogP contribution is -2.25. The molecule has 1 heterocycles. The van der Waals surface area contributed by atoms with Gasteiger partial charge in [-0.15, -0.1) is 0 Å². The molecule has 3 nitrogen and oxygen atoms in total. The number of nitrogens with zero attached hydrogens (tertiary/aromatic N) is 2. The third-order valence-electron chi connectivity index (χ3n) is 2.26. The van der Waals surface area contributed by atoms with E-state index in [-0.39, 0.29) is 6.54 Å². The minimum Gasteiger partial charge on any atom is -0.354 e. The number of anilines is 1. The predicted molar refractivity (Wildman–Crippen MR) is 61.0 cm³/mol. The van der Waals surface area contributed by atoms with Gasteiger partial charge in [-0.1, -0.05) is 0 Å². The molecular weight excluding hydrogens is 212 g/mol. The highest BCUT2D eigenvalue weighted by molar-refractivity contribution is 5.46. The van der Waals surface area contributed by atoms with Crippen LogP contribution in [-0.4, -0.2) is 32.0 Å². The Hall–Kier alpha value is -1.23. The van der Waals surface area contributed by atoms with E-state index in [9.17, 15) is 8.78 Å². The number of aryl methyl sites for hydroxylation is 1. The van der Waals surface area contributed by atoms with Crippen LogP contribution in [0.5, 0.6) is 0 Å². The second kappa shape index (κ2) is 5.75. The van der Waals surface area contributed by atoms with Crippen molar-refractivity contribution in [2.75, 3.05) is 25.5 Å². The van der Waals surface area contributed by atoms with E-state index < -0.39 is 6.43 Å². The lowest BCUT2D eigenvalue weighted by Gasteiger charge is -2.20. The fourth-order valence-electron chi connectivity index (χ4n) is 1.62. The summed E-state index contributed by atoms with van der Waals surface area (Å²) in [5, 5.41) is 3.02. The highest BCUT2D eigenvalue weighted by atomic mass is 19.3. The summed E-state index contributed by atoms with van der Waals surface area (Å²) in [7, 11) is 3.48. The van der Waals surface area contributed by atoms with Gasteiger partial charge in [-0.05, 0) is 31.2 Å². The summed E-state index contributed by atoms with van der Waals surface area (Å²) in [4.78, 5) is 5.68. The summed E-state index contributed by atoms with van der Waals surface area (Å²) in [5.41, 5.74) is 1.96. The van der Waals surface area contributed by atoms with Crippen molar-refractivity contribution in [3.63, 3.8) is 0 Å². The Bertz CT molecular complexity index is 342. The Morgan fingerprint density at radius 2 is 2.19 bits per heavy atom. The van der Waals surface area contributed by atoms with E-state index in [1.165, 1.54) is 4.90 Å². The van der Waals surface area contributed by atoms with Crippen LogP contribution in [-0.2, 0) is 6.54 Å². The van der Waals surface area contributed by atoms with Crippen molar-refractivity contribution >= 4 is 5.82 Å². The molecule has 0 saturated heterocycles. The molecule has 1 rings (SSSR count). The first-order valence-corrected chi connectivity index (χ1v) is 5.14. The highest BCUT2D eigenvalue weighted by Crippen LogP contribution is 2.17. The predicted octanol–water partition coefficient (Wildman–Crippen LogP) is 1.81. The smallest absolute Gasteiger partial charge is 0.255 e. The number of hydrogen-bond acceptors (Lipinski definition) is 3. The second-order valence-corrected chi connectivity index (χ2v) is 3.79. The van der Waals surface area contributed by atoms with Crippen LogP contribution in [0.4, 0.5) is 14.6 Å². The molecule has 0 aliphatic carbocycles. The van der Waals surface area contributed by atoms with Crippen LogP contribution in [0.1, 0.15) is 11.1 Å². The number of pyridine rings is 1. The zero-order valence-electron chi connectivity index (χ0n) is 9.80. The number of aromatic nitrogens is 1. The summed E-state index contributed by atoms with van der Waals surface area (Å²) < 4.78 is 24.4. The molecule has 0 spiro atoms. The van der Waals surface area contributed by atoms with Gasteiger partial charge < -0.3 is 10.2 Å². The van der Waals surface area contributed by atoms with Gasteiger partial charge in [0.1, 0.15) is 5.82 Å². The Balaban J connectivity index is 2.81. The molecule has 1 aromatic rings. The maximum Gasteiger partial charge on any atom is 0.255 e. The molecule has 0 atom stereocenters. The highest BCUT2D eigenvalue weighted by Gasteiger charge is 2.11. The Morgan fingerprint density at radius 3 is 2.69 bits per heavy atom. The van der Waals surface area contributed by atoms with Crippen LogP contribution in [0.3, 0.4) is 0 Å². The topological polar surface area (TPSA) is 28.2 Å². The zero-order valence-corrected chi connectivity index (χ0v) is 9.80. The lowest BCUT2D eigenvalue weighted by atomic mass is 10.2. The van der Waals surface area contributed by atoms with Crippen LogP contribution >= 0.6 is 0 Å². The van der Waals surface area contributed by atoms with Gasteiger partial charge in [-0.25, -0.2) is 13.8 Å². The Morgan fingerprint density at radius 1 is 1.50 bits per heavy atom. The summed E-state index contributed by atoms with van der Waals surface area (Å²) in [6.07, 6.45) is -0.635. The Kier molecular flexibility index (Phi) is 4.61. The molecule has 0 amide bonds. The summed E-state index contributed by atoms with van der Waals surface area (Å²) in [5.74, 6) is 0.611. The largest absolute Gasteiger partial charge is 0.354 e. The van der Waals surface area contributed by atoms with E-state index >= 15 is 0 Å². The zero-order chi connectivity index (χ0) is 12.1. The van der Waals surface area contributed by atoms with Gasteiger partial charge in [-0.2, -0.15) is 0 Å². The monoisotopic (exact) mass is 229 g/mol. The second-order valence-electron chi connectivity index (χ2n) is 3.79. The molecule has 0 aliphatic heterocycles. The molecule has 0 saturated carbocycles. The Labute approximate surface area is 94.5 Å². The number of halogens is 2. The van der Waals surface area contributed by atoms with E-state index in [4.69, 9.17) is 0 Å². The van der Waals surface area contributed by atoms with Crippen LogP contribution in [0.25, 0.3) is 0 Å². The van der Waals surface area contributed by atoms with Gasteiger partial charge >= 0.3 is 0 Å². The average Bonchev–Trinajstić information content (AvgIpc) is 2.16. The molecule has 1 aromatic heterocycles. The average molecular weight is 229 g/mol. The maximum absolute atomic E-state index is 12.2. The van der Waals surface area contributed by atoms with Gasteiger partial charge in [0, 0.05) is 19.8 Å². The molecule has 0 aromatic carbocycles. The summed E-state index contributed by atoms with van der Waals surface area (Å²) in [6, 6.07) is 1.96. The van der Waals surface area contributed by atoms with Crippen LogP contribution in [0, 0.1) is 6.92 Å². The lowest BCUT2D eigenvalue weighted by molar-refractivity contribution is 0.156. The van der Waals surface area contributed by atoms with Crippen molar-refractivity contribution in [3.05, 3.63) is 23.4 Å². The molecule has 5 heteroatoms. The molecule has 90 valence electrons. The van der Waals surface area contributed by atoms with Crippen molar-refractivity contribution in [1.82, 2.24) is 10.3 Å². The fourth-order valence-corrected chi connectivity index (χ4v) is 1.62. The molecule has 0 bridgehead atoms. The first kappa shape index (κ1) is 12.8. The van der Waals surface area contributed by atoms with E-state index in [2.05, 4.69) is 10.3 Å². The third-order valence-corrected chi connectivity index (χ3v) is 2.26. The summed E-state index contributed by atoms with van der Waals surface area (Å²) in [6.45, 7) is 2.31. The minimum absolute atomic E-state index is 0.292. The van der Waals surface area contributed by atoms with E-state index in [0.29, 0.717) is 5.82 Å². The first-order chi connectivity index (χ1) is 7.54. The van der Waals surface area contributed by atoms with Gasteiger partial charge in [0.15, 0.2) is 0 Å². The minimum atomic E-state index is -2.34. The molecular formula is C11H17F2N3. The summed E-state index contributed by atoms with van der Waals surface area (Å²) >= 11 is 0. The van der Waals surface area contributed by atoms with Crippen LogP contribution in [0.15, 0.2) is 12.3 Å². The van der Waals surface area contributed by atoms with E-state index in [0.717, 1.165) is 17.7 Å². The van der Waals surface area contributed by atoms with Crippen molar-refractivity contribution in [2.24, 2.45) is 0 Å². The number of hydrogen-bond donors (Lipinski definition) is 1. The van der Waals surface area contributed by atoms with Crippen LogP contribution in [0.2, 0.25) is 0 Å². The SMILES string of the molecule is CNCc1cnc(N(C)CC(F)F)c(C)c1. The van der Waals surface area contributed by atoms with Gasteiger partial charge in [0.05, 0.1) is 6.54 Å². The van der Waals surface area contributed by atoms with E-state index in [1.54, 1.807) is 13.2 Å². The normalized spacial score (nSPS) is 10.9. The van der Waals surface area contributed by atoms with Crippen molar-refractivity contribution < 1.29 is 8.78 Å². The molecule has 0 fully saturated rings. The third kappa shape index (κ3) is 3.41. The van der Waals surface area contributed by atoms with Crippen molar-refractivity contribution in [1.29, 1.82) is 0 Å². The molecule has 0 radical (unpaired) electrons. The molecule has 1 N–H and O–H groups in total. The number of alkyl halides is 2. The van der Waals surface area contributed by atoms with Crippen LogP contribution < -0.4 is 10.2 Å². The molecule has 16 heavy (non-hydrogen) atoms. The van der Waals surface area contributed by atoms with Gasteiger partial charge in [-0.3, -0.25) is 0 Å². The van der Waals surface area contributed by atoms with Crippen molar-refractivity contribution in [2.45, 2.75) is 19.9 Å². The van der Waals surface area contributed by atoms with Gasteiger partial charge in [0.25, 0.3) is 6.43 Å². The fraction of sp³-hybridized carbons (Fsp3) is 0.545. The standard InChI is InChI=1S/C11H17F2N3/c1-8-4-9(5-14-2)6-15-11(8)16(3)7-10(12)13/h4,6,10,14H,5,7H2,1-3H3. The first-order valence-electron chi connectivity index (χ1n) is 5.14. The number of rotatable bonds is 5. The van der Waals surface area contributed by atoms with Crippen molar-refractivity contribution in [3.8, 4) is 0 Å². The molecule has 0 unspecified atom stereocenters. The quantitative estimate of drug-likeness (QED) is 0.834. The number of nitrogens with one attached hydrogen (secondary N) is 1.